The molecule has 144 valence electrons. The molecule has 0 atom stereocenters. The van der Waals surface area contributed by atoms with Crippen LogP contribution in [0.15, 0.2) is 36.0 Å². The summed E-state index contributed by atoms with van der Waals surface area (Å²) in [5.41, 5.74) is 1.43. The lowest BCUT2D eigenvalue weighted by molar-refractivity contribution is -0.134. The van der Waals surface area contributed by atoms with Crippen molar-refractivity contribution in [2.45, 2.75) is 33.6 Å². The molecule has 0 aliphatic heterocycles. The second kappa shape index (κ2) is 12.2. The van der Waals surface area contributed by atoms with E-state index in [1.54, 1.807) is 6.08 Å². The minimum atomic E-state index is -1.26. The molecule has 0 unspecified atom stereocenters. The Morgan fingerprint density at radius 2 is 1.12 bits per heavy atom. The summed E-state index contributed by atoms with van der Waals surface area (Å²) in [6.45, 7) is 6.31. The largest absolute Gasteiger partial charge is 0.478 e. The molecule has 0 radical (unpaired) electrons. The number of ketones is 1. The summed E-state index contributed by atoms with van der Waals surface area (Å²) < 4.78 is 0. The normalized spacial score (nSPS) is 15.2. The van der Waals surface area contributed by atoms with Gasteiger partial charge in [-0.2, -0.15) is 0 Å². The summed E-state index contributed by atoms with van der Waals surface area (Å²) in [4.78, 5) is 49.2. The molecule has 0 aromatic heterocycles. The maximum Gasteiger partial charge on any atom is 0.328 e. The summed E-state index contributed by atoms with van der Waals surface area (Å²) in [6, 6.07) is 0. The minimum absolute atomic E-state index is 0.204. The second-order valence-electron chi connectivity index (χ2n) is 5.99. The standard InChI is InChI=1S/C9H14O.2C4H4O4/c1-7-4-8(10)6-9(2,3)5-7;2*5-3(6)1-2-4(7)8/h4H,5-6H2,1-3H3;2*1-2H,(H,5,6)(H,7,8)/b;2*2-1-. The highest BCUT2D eigenvalue weighted by Crippen LogP contribution is 2.32. The molecule has 1 rings (SSSR count). The van der Waals surface area contributed by atoms with Crippen molar-refractivity contribution >= 4 is 29.7 Å². The van der Waals surface area contributed by atoms with Crippen LogP contribution in [0, 0.1) is 5.41 Å². The lowest BCUT2D eigenvalue weighted by Crippen LogP contribution is -2.20. The predicted octanol–water partition coefficient (Wildman–Crippen LogP) is 1.75. The molecule has 4 N–H and O–H groups in total. The Bertz CT molecular complexity index is 571. The lowest BCUT2D eigenvalue weighted by atomic mass is 9.77. The van der Waals surface area contributed by atoms with Crippen molar-refractivity contribution in [2.24, 2.45) is 5.41 Å². The maximum atomic E-state index is 11.0. The van der Waals surface area contributed by atoms with Crippen LogP contribution in [0.2, 0.25) is 0 Å². The molecule has 0 spiro atoms. The Morgan fingerprint density at radius 3 is 1.31 bits per heavy atom. The number of carboxylic acid groups (broad SMARTS) is 4. The summed E-state index contributed by atoms with van der Waals surface area (Å²) in [5, 5.41) is 31.2. The highest BCUT2D eigenvalue weighted by molar-refractivity contribution is 5.91. The van der Waals surface area contributed by atoms with E-state index in [0.29, 0.717) is 30.7 Å². The van der Waals surface area contributed by atoms with E-state index in [0.717, 1.165) is 6.42 Å². The van der Waals surface area contributed by atoms with Gasteiger partial charge in [-0.3, -0.25) is 4.79 Å². The fourth-order valence-corrected chi connectivity index (χ4v) is 1.95. The summed E-state index contributed by atoms with van der Waals surface area (Å²) in [7, 11) is 0. The van der Waals surface area contributed by atoms with E-state index < -0.39 is 23.9 Å². The van der Waals surface area contributed by atoms with Crippen LogP contribution in [0.1, 0.15) is 33.6 Å². The van der Waals surface area contributed by atoms with E-state index in [2.05, 4.69) is 13.8 Å². The molecule has 1 aliphatic carbocycles. The van der Waals surface area contributed by atoms with Crippen LogP contribution in [0.25, 0.3) is 0 Å². The Labute approximate surface area is 149 Å². The van der Waals surface area contributed by atoms with Gasteiger partial charge in [0, 0.05) is 30.7 Å². The predicted molar refractivity (Wildman–Crippen MR) is 90.6 cm³/mol. The smallest absolute Gasteiger partial charge is 0.328 e. The molecular formula is C17H22O9. The molecule has 0 aromatic rings. The van der Waals surface area contributed by atoms with Crippen LogP contribution in [0.3, 0.4) is 0 Å². The number of aliphatic carboxylic acids is 4. The van der Waals surface area contributed by atoms with Gasteiger partial charge in [-0.15, -0.1) is 0 Å². The first-order chi connectivity index (χ1) is 11.7. The number of rotatable bonds is 4. The highest BCUT2D eigenvalue weighted by Gasteiger charge is 2.25. The zero-order chi connectivity index (χ0) is 20.9. The van der Waals surface area contributed by atoms with E-state index in [9.17, 15) is 24.0 Å². The average Bonchev–Trinajstić information content (AvgIpc) is 2.41. The van der Waals surface area contributed by atoms with Gasteiger partial charge in [-0.05, 0) is 24.8 Å². The van der Waals surface area contributed by atoms with E-state index in [1.165, 1.54) is 5.57 Å². The second-order valence-corrected chi connectivity index (χ2v) is 5.99. The molecule has 9 heteroatoms. The van der Waals surface area contributed by atoms with Crippen LogP contribution >= 0.6 is 0 Å². The number of hydrogen-bond acceptors (Lipinski definition) is 5. The van der Waals surface area contributed by atoms with Crippen LogP contribution in [-0.2, 0) is 24.0 Å². The van der Waals surface area contributed by atoms with E-state index in [4.69, 9.17) is 20.4 Å². The molecule has 1 aliphatic rings. The van der Waals surface area contributed by atoms with Gasteiger partial charge in [0.05, 0.1) is 0 Å². The zero-order valence-electron chi connectivity index (χ0n) is 14.6. The van der Waals surface area contributed by atoms with Crippen LogP contribution in [-0.4, -0.2) is 50.1 Å². The van der Waals surface area contributed by atoms with Gasteiger partial charge in [0.15, 0.2) is 5.78 Å². The third-order valence-corrected chi connectivity index (χ3v) is 2.55. The molecule has 0 saturated heterocycles. The van der Waals surface area contributed by atoms with Gasteiger partial charge in [0.2, 0.25) is 0 Å². The first-order valence-electron chi connectivity index (χ1n) is 7.23. The minimum Gasteiger partial charge on any atom is -0.478 e. The lowest BCUT2D eigenvalue weighted by Gasteiger charge is -2.27. The van der Waals surface area contributed by atoms with Crippen molar-refractivity contribution in [1.82, 2.24) is 0 Å². The summed E-state index contributed by atoms with van der Waals surface area (Å²) >= 11 is 0. The van der Waals surface area contributed by atoms with Gasteiger partial charge in [0.25, 0.3) is 0 Å². The third-order valence-electron chi connectivity index (χ3n) is 2.55. The van der Waals surface area contributed by atoms with Gasteiger partial charge >= 0.3 is 23.9 Å². The Morgan fingerprint density at radius 1 is 0.808 bits per heavy atom. The third kappa shape index (κ3) is 18.8. The molecule has 0 aromatic carbocycles. The van der Waals surface area contributed by atoms with Crippen molar-refractivity contribution in [3.05, 3.63) is 36.0 Å². The number of carbonyl (C=O) groups is 5. The van der Waals surface area contributed by atoms with Gasteiger partial charge in [0.1, 0.15) is 0 Å². The summed E-state index contributed by atoms with van der Waals surface area (Å²) in [5.74, 6) is -4.74. The van der Waals surface area contributed by atoms with Gasteiger partial charge in [-0.25, -0.2) is 19.2 Å². The Kier molecular flexibility index (Phi) is 11.7. The molecule has 0 bridgehead atoms. The Balaban J connectivity index is 0. The molecule has 0 heterocycles. The van der Waals surface area contributed by atoms with Crippen molar-refractivity contribution in [3.8, 4) is 0 Å². The first kappa shape index (κ1) is 25.0. The first-order valence-corrected chi connectivity index (χ1v) is 7.23. The SMILES string of the molecule is CC1=CC(=O)CC(C)(C)C1.O=C(O)/C=C\C(=O)O.O=C(O)/C=C\C(=O)O. The van der Waals surface area contributed by atoms with Crippen molar-refractivity contribution < 1.29 is 44.4 Å². The van der Waals surface area contributed by atoms with E-state index >= 15 is 0 Å². The molecule has 9 nitrogen and oxygen atoms in total. The number of carbonyl (C=O) groups excluding carboxylic acids is 1. The molecule has 0 fully saturated rings. The molecular weight excluding hydrogens is 348 g/mol. The average molecular weight is 370 g/mol. The number of allylic oxidation sites excluding steroid dienone is 2. The molecule has 0 amide bonds. The van der Waals surface area contributed by atoms with Crippen molar-refractivity contribution in [1.29, 1.82) is 0 Å². The maximum absolute atomic E-state index is 11.0. The quantitative estimate of drug-likeness (QED) is 0.539. The van der Waals surface area contributed by atoms with E-state index in [-0.39, 0.29) is 11.2 Å². The fraction of sp³-hybridized carbons (Fsp3) is 0.353. The topological polar surface area (TPSA) is 166 Å². The molecule has 0 saturated carbocycles. The highest BCUT2D eigenvalue weighted by atomic mass is 16.4. The van der Waals surface area contributed by atoms with Gasteiger partial charge < -0.3 is 20.4 Å². The fourth-order valence-electron chi connectivity index (χ4n) is 1.95. The monoisotopic (exact) mass is 370 g/mol. The van der Waals surface area contributed by atoms with Crippen LogP contribution < -0.4 is 0 Å². The number of carboxylic acids is 4. The van der Waals surface area contributed by atoms with Crippen molar-refractivity contribution in [2.75, 3.05) is 0 Å². The molecule has 26 heavy (non-hydrogen) atoms. The van der Waals surface area contributed by atoms with E-state index in [1.807, 2.05) is 6.92 Å². The summed E-state index contributed by atoms with van der Waals surface area (Å²) in [6.07, 6.45) is 5.78. The van der Waals surface area contributed by atoms with Gasteiger partial charge in [-0.1, -0.05) is 19.4 Å². The van der Waals surface area contributed by atoms with Crippen molar-refractivity contribution in [3.63, 3.8) is 0 Å². The van der Waals surface area contributed by atoms with Crippen LogP contribution in [0.4, 0.5) is 0 Å². The Hall–Kier alpha value is -3.23. The number of hydrogen-bond donors (Lipinski definition) is 4. The van der Waals surface area contributed by atoms with Crippen LogP contribution in [0.5, 0.6) is 0 Å². The zero-order valence-corrected chi connectivity index (χ0v) is 14.6.